The van der Waals surface area contributed by atoms with Crippen molar-refractivity contribution in [1.82, 2.24) is 14.6 Å². The summed E-state index contributed by atoms with van der Waals surface area (Å²) in [5.74, 6) is 0.139. The number of carbonyl (C=O) groups excluding carboxylic acids is 1. The molecule has 4 rings (SSSR count). The third-order valence-corrected chi connectivity index (χ3v) is 8.96. The Balaban J connectivity index is 1.40. The number of hydrogen-bond donors (Lipinski definition) is 1. The van der Waals surface area contributed by atoms with Gasteiger partial charge in [-0.3, -0.25) is 4.79 Å². The van der Waals surface area contributed by atoms with Gasteiger partial charge in [-0.1, -0.05) is 11.6 Å². The number of hydrogen-bond acceptors (Lipinski definition) is 5. The van der Waals surface area contributed by atoms with Crippen LogP contribution in [0.15, 0.2) is 46.3 Å². The zero-order valence-corrected chi connectivity index (χ0v) is 18.4. The SMILES string of the molecule is O=C(NC1CCSc2ccc(F)cc21)C1CCN(S(=O)(=O)c2cccnc2Cl)CC1. The van der Waals surface area contributed by atoms with E-state index in [2.05, 4.69) is 10.3 Å². The van der Waals surface area contributed by atoms with Gasteiger partial charge >= 0.3 is 0 Å². The Morgan fingerprint density at radius 2 is 2.00 bits per heavy atom. The topological polar surface area (TPSA) is 79.4 Å². The van der Waals surface area contributed by atoms with Gasteiger partial charge in [0.05, 0.1) is 6.04 Å². The first-order valence-electron chi connectivity index (χ1n) is 9.69. The molecule has 2 aliphatic heterocycles. The van der Waals surface area contributed by atoms with Gasteiger partial charge in [-0.15, -0.1) is 11.8 Å². The lowest BCUT2D eigenvalue weighted by Gasteiger charge is -2.32. The molecule has 1 aromatic heterocycles. The van der Waals surface area contributed by atoms with Crippen LogP contribution in [-0.4, -0.2) is 42.5 Å². The van der Waals surface area contributed by atoms with Gasteiger partial charge in [0, 0.05) is 35.9 Å². The van der Waals surface area contributed by atoms with E-state index in [1.807, 2.05) is 0 Å². The summed E-state index contributed by atoms with van der Waals surface area (Å²) in [4.78, 5) is 17.6. The van der Waals surface area contributed by atoms with Crippen molar-refractivity contribution in [3.05, 3.63) is 53.1 Å². The van der Waals surface area contributed by atoms with E-state index in [1.165, 1.54) is 34.8 Å². The lowest BCUT2D eigenvalue weighted by molar-refractivity contribution is -0.126. The smallest absolute Gasteiger partial charge is 0.246 e. The lowest BCUT2D eigenvalue weighted by atomic mass is 9.95. The fraction of sp³-hybridized carbons (Fsp3) is 0.400. The highest BCUT2D eigenvalue weighted by Gasteiger charge is 2.34. The molecule has 0 bridgehead atoms. The summed E-state index contributed by atoms with van der Waals surface area (Å²) < 4.78 is 40.7. The van der Waals surface area contributed by atoms with E-state index < -0.39 is 10.0 Å². The molecule has 2 aliphatic rings. The van der Waals surface area contributed by atoms with Crippen molar-refractivity contribution in [1.29, 1.82) is 0 Å². The Hall–Kier alpha value is -1.68. The molecule has 30 heavy (non-hydrogen) atoms. The van der Waals surface area contributed by atoms with E-state index in [9.17, 15) is 17.6 Å². The molecule has 2 aromatic rings. The first-order valence-corrected chi connectivity index (χ1v) is 12.5. The molecular formula is C20H21ClFN3O3S2. The summed E-state index contributed by atoms with van der Waals surface area (Å²) in [5, 5.41) is 2.99. The monoisotopic (exact) mass is 469 g/mol. The highest BCUT2D eigenvalue weighted by molar-refractivity contribution is 7.99. The maximum absolute atomic E-state index is 13.7. The van der Waals surface area contributed by atoms with Crippen LogP contribution in [0.4, 0.5) is 4.39 Å². The van der Waals surface area contributed by atoms with E-state index in [1.54, 1.807) is 17.8 Å². The summed E-state index contributed by atoms with van der Waals surface area (Å²) in [5.41, 5.74) is 0.811. The van der Waals surface area contributed by atoms with Gasteiger partial charge in [0.2, 0.25) is 15.9 Å². The van der Waals surface area contributed by atoms with Gasteiger partial charge in [0.1, 0.15) is 15.9 Å². The van der Waals surface area contributed by atoms with Gasteiger partial charge in [0.25, 0.3) is 0 Å². The van der Waals surface area contributed by atoms with E-state index in [-0.39, 0.29) is 46.8 Å². The van der Waals surface area contributed by atoms with Crippen molar-refractivity contribution in [3.63, 3.8) is 0 Å². The van der Waals surface area contributed by atoms with Gasteiger partial charge in [-0.2, -0.15) is 4.31 Å². The Morgan fingerprint density at radius 1 is 1.23 bits per heavy atom. The molecule has 0 spiro atoms. The number of nitrogens with one attached hydrogen (secondary N) is 1. The van der Waals surface area contributed by atoms with Crippen molar-refractivity contribution < 1.29 is 17.6 Å². The first-order chi connectivity index (χ1) is 14.4. The number of pyridine rings is 1. The van der Waals surface area contributed by atoms with Crippen LogP contribution in [0.2, 0.25) is 5.15 Å². The number of nitrogens with zero attached hydrogens (tertiary/aromatic N) is 2. The van der Waals surface area contributed by atoms with E-state index >= 15 is 0 Å². The zero-order chi connectivity index (χ0) is 21.3. The molecule has 1 atom stereocenters. The summed E-state index contributed by atoms with van der Waals surface area (Å²) in [6.45, 7) is 0.467. The predicted molar refractivity (Wildman–Crippen MR) is 113 cm³/mol. The third kappa shape index (κ3) is 4.34. The van der Waals surface area contributed by atoms with Gasteiger partial charge < -0.3 is 5.32 Å². The number of rotatable bonds is 4. The quantitative estimate of drug-likeness (QED) is 0.692. The van der Waals surface area contributed by atoms with Crippen LogP contribution >= 0.6 is 23.4 Å². The second kappa shape index (κ2) is 8.82. The summed E-state index contributed by atoms with van der Waals surface area (Å²) in [6, 6.07) is 7.41. The third-order valence-electron chi connectivity index (χ3n) is 5.50. The van der Waals surface area contributed by atoms with Gasteiger partial charge in [0.15, 0.2) is 0 Å². The van der Waals surface area contributed by atoms with Crippen LogP contribution in [0, 0.1) is 11.7 Å². The molecule has 0 radical (unpaired) electrons. The van der Waals surface area contributed by atoms with Gasteiger partial charge in [-0.25, -0.2) is 17.8 Å². The number of carbonyl (C=O) groups is 1. The molecule has 0 aliphatic carbocycles. The molecule has 1 unspecified atom stereocenters. The van der Waals surface area contributed by atoms with Crippen LogP contribution in [0.5, 0.6) is 0 Å². The molecule has 3 heterocycles. The predicted octanol–water partition coefficient (Wildman–Crippen LogP) is 3.63. The van der Waals surface area contributed by atoms with E-state index in [4.69, 9.17) is 11.6 Å². The number of fused-ring (bicyclic) bond motifs is 1. The molecule has 6 nitrogen and oxygen atoms in total. The summed E-state index contributed by atoms with van der Waals surface area (Å²) >= 11 is 7.62. The molecule has 1 fully saturated rings. The fourth-order valence-corrected chi connectivity index (χ4v) is 6.87. The average Bonchev–Trinajstić information content (AvgIpc) is 2.74. The molecule has 10 heteroatoms. The Kier molecular flexibility index (Phi) is 6.34. The molecule has 1 saturated heterocycles. The average molecular weight is 470 g/mol. The molecule has 1 aromatic carbocycles. The fourth-order valence-electron chi connectivity index (χ4n) is 3.87. The maximum atomic E-state index is 13.7. The number of thioether (sulfide) groups is 1. The molecule has 0 saturated carbocycles. The minimum absolute atomic E-state index is 0.0205. The minimum atomic E-state index is -3.75. The van der Waals surface area contributed by atoms with Crippen molar-refractivity contribution in [2.75, 3.05) is 18.8 Å². The van der Waals surface area contributed by atoms with Crippen LogP contribution in [0.1, 0.15) is 30.9 Å². The number of piperidine rings is 1. The highest BCUT2D eigenvalue weighted by atomic mass is 35.5. The number of amides is 1. The largest absolute Gasteiger partial charge is 0.349 e. The van der Waals surface area contributed by atoms with Crippen LogP contribution in [0.25, 0.3) is 0 Å². The number of sulfonamides is 1. The molecule has 1 N–H and O–H groups in total. The van der Waals surface area contributed by atoms with Crippen LogP contribution < -0.4 is 5.32 Å². The molecule has 160 valence electrons. The maximum Gasteiger partial charge on any atom is 0.246 e. The summed E-state index contributed by atoms with van der Waals surface area (Å²) in [7, 11) is -3.75. The normalized spacial score (nSPS) is 20.5. The number of aromatic nitrogens is 1. The van der Waals surface area contributed by atoms with Gasteiger partial charge in [-0.05, 0) is 55.2 Å². The highest BCUT2D eigenvalue weighted by Crippen LogP contribution is 2.37. The van der Waals surface area contributed by atoms with Crippen LogP contribution in [0.3, 0.4) is 0 Å². The van der Waals surface area contributed by atoms with Crippen LogP contribution in [-0.2, 0) is 14.8 Å². The van der Waals surface area contributed by atoms with E-state index in [0.29, 0.717) is 12.8 Å². The summed E-state index contributed by atoms with van der Waals surface area (Å²) in [6.07, 6.45) is 3.01. The van der Waals surface area contributed by atoms with E-state index in [0.717, 1.165) is 22.6 Å². The van der Waals surface area contributed by atoms with Crippen molar-refractivity contribution in [2.24, 2.45) is 5.92 Å². The van der Waals surface area contributed by atoms with Crippen molar-refractivity contribution >= 4 is 39.3 Å². The standard InChI is InChI=1S/C20H21ClFN3O3S2/c21-19-18(2-1-8-23-19)30(27,28)25-9-5-13(6-10-25)20(26)24-16-7-11-29-17-4-3-14(22)12-15(16)17/h1-4,8,12-13,16H,5-7,9-11H2,(H,24,26). The second-order valence-electron chi connectivity index (χ2n) is 7.35. The Labute approximate surface area is 184 Å². The molecule has 1 amide bonds. The first kappa shape index (κ1) is 21.5. The lowest BCUT2D eigenvalue weighted by Crippen LogP contribution is -2.44. The number of halogens is 2. The number of benzene rings is 1. The zero-order valence-electron chi connectivity index (χ0n) is 16.1. The second-order valence-corrected chi connectivity index (χ2v) is 10.8. The molecular weight excluding hydrogens is 449 g/mol. The Morgan fingerprint density at radius 3 is 2.73 bits per heavy atom. The van der Waals surface area contributed by atoms with Crippen molar-refractivity contribution in [3.8, 4) is 0 Å². The minimum Gasteiger partial charge on any atom is -0.349 e. The Bertz CT molecular complexity index is 1060. The van der Waals surface area contributed by atoms with Crippen molar-refractivity contribution in [2.45, 2.75) is 35.1 Å².